The van der Waals surface area contributed by atoms with Gasteiger partial charge in [0.1, 0.15) is 6.61 Å². The molecule has 0 aromatic carbocycles. The van der Waals surface area contributed by atoms with Crippen LogP contribution in [0.2, 0.25) is 0 Å². The second kappa shape index (κ2) is 7.63. The normalized spacial score (nSPS) is 25.4. The van der Waals surface area contributed by atoms with E-state index < -0.39 is 0 Å². The fraction of sp³-hybridized carbons (Fsp3) is 0.917. The summed E-state index contributed by atoms with van der Waals surface area (Å²) in [5, 5.41) is 12.1. The van der Waals surface area contributed by atoms with Crippen LogP contribution in [0.5, 0.6) is 0 Å². The largest absolute Gasteiger partial charge is 0.393 e. The van der Waals surface area contributed by atoms with Gasteiger partial charge in [0, 0.05) is 6.54 Å². The molecule has 2 N–H and O–H groups in total. The summed E-state index contributed by atoms with van der Waals surface area (Å²) < 4.78 is 5.50. The molecular formula is C12H23NO3. The number of unbranched alkanes of at least 4 members (excludes halogenated alkanes) is 1. The molecule has 0 heterocycles. The number of rotatable bonds is 6. The smallest absolute Gasteiger partial charge is 0.246 e. The third-order valence-electron chi connectivity index (χ3n) is 2.95. The summed E-state index contributed by atoms with van der Waals surface area (Å²) in [5.74, 6) is -0.0282. The number of aliphatic hydroxyl groups excluding tert-OH is 1. The lowest BCUT2D eigenvalue weighted by atomic mass is 9.95. The SMILES string of the molecule is CCCCNC(=O)COC1CCC(O)CC1. The average Bonchev–Trinajstić information content (AvgIpc) is 2.29. The zero-order valence-electron chi connectivity index (χ0n) is 10.1. The van der Waals surface area contributed by atoms with E-state index in [1.807, 2.05) is 0 Å². The Hall–Kier alpha value is -0.610. The zero-order chi connectivity index (χ0) is 11.8. The molecule has 0 aromatic heterocycles. The Morgan fingerprint density at radius 2 is 2.06 bits per heavy atom. The molecule has 1 aliphatic rings. The average molecular weight is 229 g/mol. The first-order valence-corrected chi connectivity index (χ1v) is 6.28. The van der Waals surface area contributed by atoms with Crippen LogP contribution in [0.25, 0.3) is 0 Å². The molecule has 1 aliphatic carbocycles. The summed E-state index contributed by atoms with van der Waals surface area (Å²) in [7, 11) is 0. The molecule has 16 heavy (non-hydrogen) atoms. The first kappa shape index (κ1) is 13.5. The van der Waals surface area contributed by atoms with Crippen molar-refractivity contribution in [2.45, 2.75) is 57.7 Å². The van der Waals surface area contributed by atoms with Crippen molar-refractivity contribution in [1.29, 1.82) is 0 Å². The molecule has 0 aromatic rings. The van der Waals surface area contributed by atoms with Crippen molar-refractivity contribution in [1.82, 2.24) is 5.32 Å². The van der Waals surface area contributed by atoms with Crippen molar-refractivity contribution in [3.8, 4) is 0 Å². The van der Waals surface area contributed by atoms with Crippen LogP contribution in [-0.4, -0.2) is 36.4 Å². The molecule has 0 aliphatic heterocycles. The summed E-state index contributed by atoms with van der Waals surface area (Å²) in [6.07, 6.45) is 5.40. The lowest BCUT2D eigenvalue weighted by Crippen LogP contribution is -2.32. The molecule has 94 valence electrons. The highest BCUT2D eigenvalue weighted by Gasteiger charge is 2.20. The van der Waals surface area contributed by atoms with Gasteiger partial charge in [0.15, 0.2) is 0 Å². The molecule has 0 atom stereocenters. The quantitative estimate of drug-likeness (QED) is 0.673. The van der Waals surface area contributed by atoms with Crippen LogP contribution in [0.4, 0.5) is 0 Å². The predicted octanol–water partition coefficient (Wildman–Crippen LogP) is 1.22. The van der Waals surface area contributed by atoms with Crippen LogP contribution in [0.3, 0.4) is 0 Å². The number of aliphatic hydroxyl groups is 1. The maximum atomic E-state index is 11.3. The summed E-state index contributed by atoms with van der Waals surface area (Å²) in [5.41, 5.74) is 0. The fourth-order valence-corrected chi connectivity index (χ4v) is 1.86. The van der Waals surface area contributed by atoms with Gasteiger partial charge in [-0.15, -0.1) is 0 Å². The minimum absolute atomic E-state index is 0.0282. The predicted molar refractivity (Wildman–Crippen MR) is 62.1 cm³/mol. The highest BCUT2D eigenvalue weighted by molar-refractivity contribution is 5.77. The Labute approximate surface area is 97.4 Å². The van der Waals surface area contributed by atoms with Crippen molar-refractivity contribution in [3.05, 3.63) is 0 Å². The molecule has 1 saturated carbocycles. The fourth-order valence-electron chi connectivity index (χ4n) is 1.86. The molecule has 0 bridgehead atoms. The number of ether oxygens (including phenoxy) is 1. The highest BCUT2D eigenvalue weighted by atomic mass is 16.5. The van der Waals surface area contributed by atoms with Crippen LogP contribution >= 0.6 is 0 Å². The van der Waals surface area contributed by atoms with E-state index in [2.05, 4.69) is 12.2 Å². The van der Waals surface area contributed by atoms with E-state index in [1.165, 1.54) is 0 Å². The number of carbonyl (C=O) groups excluding carboxylic acids is 1. The Bertz CT molecular complexity index is 200. The van der Waals surface area contributed by atoms with Crippen molar-refractivity contribution in [2.75, 3.05) is 13.2 Å². The number of amides is 1. The molecule has 0 spiro atoms. The molecule has 4 heteroatoms. The molecule has 1 amide bonds. The van der Waals surface area contributed by atoms with Crippen molar-refractivity contribution in [2.24, 2.45) is 0 Å². The first-order valence-electron chi connectivity index (χ1n) is 6.28. The molecule has 0 saturated heterocycles. The maximum absolute atomic E-state index is 11.3. The molecule has 4 nitrogen and oxygen atoms in total. The number of hydrogen-bond acceptors (Lipinski definition) is 3. The monoisotopic (exact) mass is 229 g/mol. The van der Waals surface area contributed by atoms with Gasteiger partial charge in [0.25, 0.3) is 0 Å². The van der Waals surface area contributed by atoms with Gasteiger partial charge < -0.3 is 15.2 Å². The van der Waals surface area contributed by atoms with E-state index in [0.29, 0.717) is 0 Å². The van der Waals surface area contributed by atoms with Gasteiger partial charge >= 0.3 is 0 Å². The summed E-state index contributed by atoms with van der Waals surface area (Å²) in [6.45, 7) is 2.99. The van der Waals surface area contributed by atoms with Crippen LogP contribution in [0, 0.1) is 0 Å². The Morgan fingerprint density at radius 3 is 2.69 bits per heavy atom. The standard InChI is InChI=1S/C12H23NO3/c1-2-3-8-13-12(15)9-16-11-6-4-10(14)5-7-11/h10-11,14H,2-9H2,1H3,(H,13,15). The van der Waals surface area contributed by atoms with E-state index in [0.717, 1.165) is 45.1 Å². The second-order valence-corrected chi connectivity index (χ2v) is 4.45. The van der Waals surface area contributed by atoms with E-state index in [1.54, 1.807) is 0 Å². The Kier molecular flexibility index (Phi) is 6.42. The maximum Gasteiger partial charge on any atom is 0.246 e. The van der Waals surface area contributed by atoms with E-state index in [9.17, 15) is 9.90 Å². The van der Waals surface area contributed by atoms with Gasteiger partial charge in [0.2, 0.25) is 5.91 Å². The van der Waals surface area contributed by atoms with Gasteiger partial charge in [-0.2, -0.15) is 0 Å². The van der Waals surface area contributed by atoms with E-state index in [-0.39, 0.29) is 24.7 Å². The minimum Gasteiger partial charge on any atom is -0.393 e. The summed E-state index contributed by atoms with van der Waals surface area (Å²) >= 11 is 0. The highest BCUT2D eigenvalue weighted by Crippen LogP contribution is 2.20. The Balaban J connectivity index is 2.03. The van der Waals surface area contributed by atoms with Crippen LogP contribution < -0.4 is 5.32 Å². The molecule has 1 fully saturated rings. The molecule has 0 unspecified atom stereocenters. The van der Waals surface area contributed by atoms with Gasteiger partial charge in [-0.25, -0.2) is 0 Å². The van der Waals surface area contributed by atoms with Gasteiger partial charge in [-0.05, 0) is 32.1 Å². The molecular weight excluding hydrogens is 206 g/mol. The first-order chi connectivity index (χ1) is 7.72. The van der Waals surface area contributed by atoms with Crippen LogP contribution in [0.15, 0.2) is 0 Å². The van der Waals surface area contributed by atoms with Crippen LogP contribution in [0.1, 0.15) is 45.4 Å². The summed E-state index contributed by atoms with van der Waals surface area (Å²) in [6, 6.07) is 0. The molecule has 1 rings (SSSR count). The zero-order valence-corrected chi connectivity index (χ0v) is 10.1. The van der Waals surface area contributed by atoms with Crippen molar-refractivity contribution < 1.29 is 14.6 Å². The number of hydrogen-bond donors (Lipinski definition) is 2. The lowest BCUT2D eigenvalue weighted by molar-refractivity contribution is -0.128. The van der Waals surface area contributed by atoms with Crippen molar-refractivity contribution >= 4 is 5.91 Å². The van der Waals surface area contributed by atoms with Gasteiger partial charge in [0.05, 0.1) is 12.2 Å². The van der Waals surface area contributed by atoms with E-state index in [4.69, 9.17) is 4.74 Å². The van der Waals surface area contributed by atoms with Gasteiger partial charge in [-0.1, -0.05) is 13.3 Å². The van der Waals surface area contributed by atoms with E-state index >= 15 is 0 Å². The molecule has 0 radical (unpaired) electrons. The Morgan fingerprint density at radius 1 is 1.38 bits per heavy atom. The summed E-state index contributed by atoms with van der Waals surface area (Å²) in [4.78, 5) is 11.3. The lowest BCUT2D eigenvalue weighted by Gasteiger charge is -2.25. The topological polar surface area (TPSA) is 58.6 Å². The number of nitrogens with one attached hydrogen (secondary N) is 1. The minimum atomic E-state index is -0.168. The third kappa shape index (κ3) is 5.47. The van der Waals surface area contributed by atoms with Crippen LogP contribution in [-0.2, 0) is 9.53 Å². The third-order valence-corrected chi connectivity index (χ3v) is 2.95. The second-order valence-electron chi connectivity index (χ2n) is 4.45. The van der Waals surface area contributed by atoms with Gasteiger partial charge in [-0.3, -0.25) is 4.79 Å². The van der Waals surface area contributed by atoms with Crippen molar-refractivity contribution in [3.63, 3.8) is 0 Å². The number of carbonyl (C=O) groups is 1.